The molecule has 16 unspecified atom stereocenters. The Kier molecular flexibility index (Phi) is 8.50. The first-order valence-corrected chi connectivity index (χ1v) is 18.3. The molecule has 0 aromatic rings. The van der Waals surface area contributed by atoms with Gasteiger partial charge < -0.3 is 0 Å². The first kappa shape index (κ1) is 33.0. The smallest absolute Gasteiger partial charge is 0.106 e. The molecule has 5 aliphatic heterocycles. The molecule has 272 valence electrons. The van der Waals surface area contributed by atoms with E-state index >= 15 is 35.1 Å². The van der Waals surface area contributed by atoms with Gasteiger partial charge in [0.2, 0.25) is 0 Å². The van der Waals surface area contributed by atoms with E-state index in [4.69, 9.17) is 0 Å². The summed E-state index contributed by atoms with van der Waals surface area (Å²) >= 11 is 0. The van der Waals surface area contributed by atoms with Crippen LogP contribution in [0.4, 0.5) is 35.1 Å². The topological polar surface area (TPSA) is 96.2 Å². The molecule has 16 atom stereocenters. The van der Waals surface area contributed by atoms with Crippen molar-refractivity contribution in [1.82, 2.24) is 42.5 Å². The number of nitrogens with one attached hydrogen (secondary N) is 8. The number of hydrogen-bond donors (Lipinski definition) is 8. The Balaban J connectivity index is 1.12. The molecule has 8 bridgehead atoms. The molecule has 4 saturated carbocycles. The third-order valence-electron chi connectivity index (χ3n) is 13.9. The van der Waals surface area contributed by atoms with Crippen LogP contribution in [0.25, 0.3) is 0 Å². The molecule has 5 saturated heterocycles. The Hall–Kier alpha value is -0.880. The molecule has 48 heavy (non-hydrogen) atoms. The van der Waals surface area contributed by atoms with Gasteiger partial charge in [0.1, 0.15) is 49.4 Å². The highest BCUT2D eigenvalue weighted by molar-refractivity contribution is 5.14. The van der Waals surface area contributed by atoms with Crippen LogP contribution in [0.1, 0.15) is 51.4 Å². The van der Waals surface area contributed by atoms with E-state index in [1.165, 1.54) is 0 Å². The van der Waals surface area contributed by atoms with Gasteiger partial charge in [0.15, 0.2) is 0 Å². The Bertz CT molecular complexity index is 941. The molecule has 9 aliphatic rings. The summed E-state index contributed by atoms with van der Waals surface area (Å²) in [6.07, 6.45) is -17.8. The van der Waals surface area contributed by atoms with Gasteiger partial charge in [-0.25, -0.2) is 35.1 Å². The van der Waals surface area contributed by atoms with Crippen LogP contribution in [-0.2, 0) is 0 Å². The fourth-order valence-corrected chi connectivity index (χ4v) is 11.9. The standard InChI is InChI=1S/C32H48F8N8/c33-9-1-2-10(34)18-17(9)25-41-26(18)46-28-21-13(37)5-6-14(38)22(21)30(43-28)48-32-24-16(40)8-7-15(39)23(24)31(44-32)47-29-20-12(36)4-3-11(35)19(20)27(42-29)45-25/h9-32,41-48H,1-8H2. The van der Waals surface area contributed by atoms with Gasteiger partial charge in [-0.1, -0.05) is 0 Å². The molecule has 9 rings (SSSR count). The summed E-state index contributed by atoms with van der Waals surface area (Å²) in [6, 6.07) is 0. The molecule has 0 aromatic heterocycles. The molecule has 4 aliphatic carbocycles. The molecular weight excluding hydrogens is 648 g/mol. The third kappa shape index (κ3) is 5.11. The molecule has 0 aromatic carbocycles. The zero-order chi connectivity index (χ0) is 33.2. The minimum Gasteiger partial charge on any atom is -0.286 e. The number of rotatable bonds is 0. The van der Waals surface area contributed by atoms with Crippen molar-refractivity contribution in [3.8, 4) is 0 Å². The van der Waals surface area contributed by atoms with Crippen LogP contribution >= 0.6 is 0 Å². The zero-order valence-electron chi connectivity index (χ0n) is 26.5. The zero-order valence-corrected chi connectivity index (χ0v) is 26.5. The quantitative estimate of drug-likeness (QED) is 0.183. The number of alkyl halides is 8. The van der Waals surface area contributed by atoms with E-state index in [0.717, 1.165) is 0 Å². The maximum absolute atomic E-state index is 15.8. The monoisotopic (exact) mass is 696 g/mol. The molecular formula is C32H48F8N8. The third-order valence-corrected chi connectivity index (χ3v) is 13.9. The van der Waals surface area contributed by atoms with Gasteiger partial charge in [-0.2, -0.15) is 0 Å². The Morgan fingerprint density at radius 3 is 0.417 bits per heavy atom. The second kappa shape index (κ2) is 12.4. The van der Waals surface area contributed by atoms with E-state index in [1.54, 1.807) is 0 Å². The summed E-state index contributed by atoms with van der Waals surface area (Å²) in [7, 11) is 0. The molecule has 5 heterocycles. The molecule has 0 spiro atoms. The minimum absolute atomic E-state index is 0.00719. The lowest BCUT2D eigenvalue weighted by Crippen LogP contribution is -2.62. The molecule has 8 nitrogen and oxygen atoms in total. The summed E-state index contributed by atoms with van der Waals surface area (Å²) in [5.41, 5.74) is 0. The predicted molar refractivity (Wildman–Crippen MR) is 159 cm³/mol. The Morgan fingerprint density at radius 2 is 0.312 bits per heavy atom. The van der Waals surface area contributed by atoms with Crippen LogP contribution in [0.3, 0.4) is 0 Å². The van der Waals surface area contributed by atoms with Crippen molar-refractivity contribution in [1.29, 1.82) is 0 Å². The van der Waals surface area contributed by atoms with Gasteiger partial charge in [-0.15, -0.1) is 0 Å². The van der Waals surface area contributed by atoms with Crippen molar-refractivity contribution in [2.75, 3.05) is 0 Å². The maximum Gasteiger partial charge on any atom is 0.106 e. The fraction of sp³-hybridized carbons (Fsp3) is 1.00. The lowest BCUT2D eigenvalue weighted by Gasteiger charge is -2.39. The Labute approximate surface area is 275 Å². The van der Waals surface area contributed by atoms with Gasteiger partial charge in [-0.3, -0.25) is 42.5 Å². The lowest BCUT2D eigenvalue weighted by atomic mass is 9.74. The lowest BCUT2D eigenvalue weighted by molar-refractivity contribution is 0.00795. The van der Waals surface area contributed by atoms with Crippen molar-refractivity contribution in [3.05, 3.63) is 0 Å². The first-order valence-electron chi connectivity index (χ1n) is 18.3. The van der Waals surface area contributed by atoms with Crippen molar-refractivity contribution in [3.63, 3.8) is 0 Å². The van der Waals surface area contributed by atoms with Crippen LogP contribution in [-0.4, -0.2) is 98.7 Å². The second-order valence-corrected chi connectivity index (χ2v) is 16.2. The van der Waals surface area contributed by atoms with Gasteiger partial charge in [-0.05, 0) is 51.4 Å². The van der Waals surface area contributed by atoms with E-state index in [2.05, 4.69) is 42.5 Å². The number of hydrogen-bond acceptors (Lipinski definition) is 8. The molecule has 8 N–H and O–H groups in total. The van der Waals surface area contributed by atoms with Gasteiger partial charge in [0.25, 0.3) is 0 Å². The second-order valence-electron chi connectivity index (χ2n) is 16.2. The summed E-state index contributed by atoms with van der Waals surface area (Å²) in [5, 5.41) is 26.5. The highest BCUT2D eigenvalue weighted by Crippen LogP contribution is 2.48. The Morgan fingerprint density at radius 1 is 0.208 bits per heavy atom. The predicted octanol–water partition coefficient (Wildman–Crippen LogP) is 2.19. The van der Waals surface area contributed by atoms with Crippen LogP contribution in [0.5, 0.6) is 0 Å². The van der Waals surface area contributed by atoms with Gasteiger partial charge in [0.05, 0.1) is 49.3 Å². The average molecular weight is 697 g/mol. The summed E-state index contributed by atoms with van der Waals surface area (Å²) < 4.78 is 126. The summed E-state index contributed by atoms with van der Waals surface area (Å²) in [4.78, 5) is 0. The van der Waals surface area contributed by atoms with E-state index < -0.39 is 146 Å². The largest absolute Gasteiger partial charge is 0.286 e. The molecule has 9 fully saturated rings. The van der Waals surface area contributed by atoms with Crippen molar-refractivity contribution < 1.29 is 35.1 Å². The van der Waals surface area contributed by atoms with E-state index in [9.17, 15) is 0 Å². The van der Waals surface area contributed by atoms with Crippen molar-refractivity contribution in [2.45, 2.75) is 150 Å². The van der Waals surface area contributed by atoms with Crippen molar-refractivity contribution >= 4 is 0 Å². The van der Waals surface area contributed by atoms with Crippen LogP contribution in [0, 0.1) is 47.3 Å². The van der Waals surface area contributed by atoms with Crippen LogP contribution < -0.4 is 42.5 Å². The fourth-order valence-electron chi connectivity index (χ4n) is 11.9. The van der Waals surface area contributed by atoms with Gasteiger partial charge in [0, 0.05) is 47.3 Å². The average Bonchev–Trinajstić information content (AvgIpc) is 3.80. The molecule has 0 amide bonds. The summed E-state index contributed by atoms with van der Waals surface area (Å²) in [5.74, 6) is -6.90. The summed E-state index contributed by atoms with van der Waals surface area (Å²) in [6.45, 7) is 0. The highest BCUT2D eigenvalue weighted by atomic mass is 19.2. The molecule has 0 radical (unpaired) electrons. The normalized spacial score (nSPS) is 62.5. The SMILES string of the molecule is FC1CCC(F)C2C3NC(NC4NC(NC5NC(NC6NC(N3)C3C(F)CCC(F)C63)C3C(F)CCC(F)C53)C3C(F)CCC(F)C43)C12. The number of halogens is 8. The van der Waals surface area contributed by atoms with Crippen LogP contribution in [0.2, 0.25) is 0 Å². The minimum atomic E-state index is -1.38. The van der Waals surface area contributed by atoms with E-state index in [1.807, 2.05) is 0 Å². The maximum atomic E-state index is 15.8. The molecule has 16 heteroatoms. The van der Waals surface area contributed by atoms with E-state index in [-0.39, 0.29) is 51.4 Å². The van der Waals surface area contributed by atoms with Gasteiger partial charge >= 0.3 is 0 Å². The van der Waals surface area contributed by atoms with Crippen molar-refractivity contribution in [2.24, 2.45) is 47.3 Å². The van der Waals surface area contributed by atoms with Crippen LogP contribution in [0.15, 0.2) is 0 Å². The number of fused-ring (bicyclic) bond motifs is 20. The highest BCUT2D eigenvalue weighted by Gasteiger charge is 2.62. The van der Waals surface area contributed by atoms with E-state index in [0.29, 0.717) is 0 Å². The first-order chi connectivity index (χ1) is 23.1.